The number of anilines is 1. The lowest BCUT2D eigenvalue weighted by molar-refractivity contribution is 0.750. The molecule has 0 aliphatic carbocycles. The molecule has 78 valence electrons. The van der Waals surface area contributed by atoms with E-state index in [-0.39, 0.29) is 0 Å². The molecule has 0 atom stereocenters. The molecule has 1 aromatic rings. The van der Waals surface area contributed by atoms with E-state index in [2.05, 4.69) is 13.8 Å². The highest BCUT2D eigenvalue weighted by Gasteiger charge is 1.99. The summed E-state index contributed by atoms with van der Waals surface area (Å²) in [6.45, 7) is 4.45. The van der Waals surface area contributed by atoms with E-state index in [1.54, 1.807) is 0 Å². The summed E-state index contributed by atoms with van der Waals surface area (Å²) in [5, 5.41) is 0.641. The zero-order chi connectivity index (χ0) is 10.6. The van der Waals surface area contributed by atoms with Crippen molar-refractivity contribution in [1.82, 2.24) is 0 Å². The van der Waals surface area contributed by atoms with Gasteiger partial charge in [0.1, 0.15) is 0 Å². The van der Waals surface area contributed by atoms with Gasteiger partial charge in [-0.3, -0.25) is 0 Å². The molecule has 0 saturated carbocycles. The van der Waals surface area contributed by atoms with Crippen LogP contribution in [0.25, 0.3) is 0 Å². The van der Waals surface area contributed by atoms with Gasteiger partial charge < -0.3 is 5.73 Å². The molecule has 0 fully saturated rings. The SMILES string of the molecule is CC(C)CSCc1ccc(Cl)c(N)c1. The third-order valence-electron chi connectivity index (χ3n) is 1.78. The Labute approximate surface area is 95.0 Å². The normalized spacial score (nSPS) is 10.9. The molecule has 1 aromatic carbocycles. The second-order valence-electron chi connectivity index (χ2n) is 3.76. The van der Waals surface area contributed by atoms with Gasteiger partial charge in [0.15, 0.2) is 0 Å². The number of hydrogen-bond donors (Lipinski definition) is 1. The van der Waals surface area contributed by atoms with E-state index in [1.165, 1.54) is 11.3 Å². The van der Waals surface area contributed by atoms with Gasteiger partial charge in [0.05, 0.1) is 10.7 Å². The summed E-state index contributed by atoms with van der Waals surface area (Å²) >= 11 is 7.76. The highest BCUT2D eigenvalue weighted by atomic mass is 35.5. The predicted molar refractivity (Wildman–Crippen MR) is 66.9 cm³/mol. The molecule has 2 N–H and O–H groups in total. The summed E-state index contributed by atoms with van der Waals surface area (Å²) in [5.41, 5.74) is 7.63. The van der Waals surface area contributed by atoms with Gasteiger partial charge in [-0.25, -0.2) is 0 Å². The lowest BCUT2D eigenvalue weighted by Gasteiger charge is -2.06. The molecule has 3 heteroatoms. The molecule has 0 amide bonds. The standard InChI is InChI=1S/C11H16ClNS/c1-8(2)6-14-7-9-3-4-10(12)11(13)5-9/h3-5,8H,6-7,13H2,1-2H3. The van der Waals surface area contributed by atoms with Crippen LogP contribution in [-0.4, -0.2) is 5.75 Å². The van der Waals surface area contributed by atoms with Crippen molar-refractivity contribution in [3.63, 3.8) is 0 Å². The van der Waals surface area contributed by atoms with Crippen LogP contribution in [0.1, 0.15) is 19.4 Å². The van der Waals surface area contributed by atoms with Gasteiger partial charge in [0, 0.05) is 5.75 Å². The molecule has 1 nitrogen and oxygen atoms in total. The van der Waals surface area contributed by atoms with Crippen LogP contribution in [-0.2, 0) is 5.75 Å². The second kappa shape index (κ2) is 5.52. The van der Waals surface area contributed by atoms with Crippen molar-refractivity contribution in [1.29, 1.82) is 0 Å². The van der Waals surface area contributed by atoms with Gasteiger partial charge in [0.25, 0.3) is 0 Å². The van der Waals surface area contributed by atoms with E-state index in [0.29, 0.717) is 10.7 Å². The average molecular weight is 230 g/mol. The molecule has 0 aliphatic rings. The van der Waals surface area contributed by atoms with Crippen LogP contribution >= 0.6 is 23.4 Å². The maximum atomic E-state index is 5.83. The predicted octanol–water partition coefficient (Wildman–Crippen LogP) is 3.81. The van der Waals surface area contributed by atoms with E-state index in [0.717, 1.165) is 11.7 Å². The first kappa shape index (κ1) is 11.7. The zero-order valence-electron chi connectivity index (χ0n) is 8.59. The van der Waals surface area contributed by atoms with Crippen molar-refractivity contribution in [3.05, 3.63) is 28.8 Å². The van der Waals surface area contributed by atoms with E-state index < -0.39 is 0 Å². The summed E-state index contributed by atoms with van der Waals surface area (Å²) in [6.07, 6.45) is 0. The molecule has 0 aliphatic heterocycles. The van der Waals surface area contributed by atoms with Gasteiger partial charge in [0.2, 0.25) is 0 Å². The van der Waals surface area contributed by atoms with Gasteiger partial charge in [-0.1, -0.05) is 31.5 Å². The highest BCUT2D eigenvalue weighted by Crippen LogP contribution is 2.22. The molecule has 0 unspecified atom stereocenters. The number of hydrogen-bond acceptors (Lipinski definition) is 2. The fraction of sp³-hybridized carbons (Fsp3) is 0.455. The van der Waals surface area contributed by atoms with Crippen molar-refractivity contribution in [2.75, 3.05) is 11.5 Å². The minimum absolute atomic E-state index is 0.641. The fourth-order valence-electron chi connectivity index (χ4n) is 1.10. The Hall–Kier alpha value is -0.340. The highest BCUT2D eigenvalue weighted by molar-refractivity contribution is 7.98. The largest absolute Gasteiger partial charge is 0.398 e. The third-order valence-corrected chi connectivity index (χ3v) is 3.56. The summed E-state index contributed by atoms with van der Waals surface area (Å²) in [4.78, 5) is 0. The Kier molecular flexibility index (Phi) is 4.63. The molecule has 0 heterocycles. The number of nitrogens with two attached hydrogens (primary N) is 1. The Balaban J connectivity index is 2.47. The van der Waals surface area contributed by atoms with Gasteiger partial charge in [-0.2, -0.15) is 11.8 Å². The molecular weight excluding hydrogens is 214 g/mol. The smallest absolute Gasteiger partial charge is 0.0635 e. The average Bonchev–Trinajstić information content (AvgIpc) is 2.10. The van der Waals surface area contributed by atoms with Crippen LogP contribution in [0.4, 0.5) is 5.69 Å². The minimum atomic E-state index is 0.641. The van der Waals surface area contributed by atoms with Crippen LogP contribution in [0.3, 0.4) is 0 Å². The zero-order valence-corrected chi connectivity index (χ0v) is 10.2. The molecule has 0 bridgehead atoms. The van der Waals surface area contributed by atoms with E-state index in [1.807, 2.05) is 30.0 Å². The Morgan fingerprint density at radius 3 is 2.71 bits per heavy atom. The maximum absolute atomic E-state index is 5.83. The number of rotatable bonds is 4. The fourth-order valence-corrected chi connectivity index (χ4v) is 2.22. The molecule has 0 saturated heterocycles. The maximum Gasteiger partial charge on any atom is 0.0635 e. The quantitative estimate of drug-likeness (QED) is 0.795. The monoisotopic (exact) mass is 229 g/mol. The summed E-state index contributed by atoms with van der Waals surface area (Å²) in [7, 11) is 0. The molecule has 0 spiro atoms. The Bertz CT molecular complexity index is 299. The summed E-state index contributed by atoms with van der Waals surface area (Å²) in [5.74, 6) is 2.94. The Morgan fingerprint density at radius 1 is 1.43 bits per heavy atom. The molecular formula is C11H16ClNS. The first-order valence-electron chi connectivity index (χ1n) is 4.71. The van der Waals surface area contributed by atoms with Crippen LogP contribution in [0.5, 0.6) is 0 Å². The molecule has 0 aromatic heterocycles. The van der Waals surface area contributed by atoms with Crippen LogP contribution in [0.2, 0.25) is 5.02 Å². The Morgan fingerprint density at radius 2 is 2.14 bits per heavy atom. The van der Waals surface area contributed by atoms with E-state index in [9.17, 15) is 0 Å². The van der Waals surface area contributed by atoms with Crippen molar-refractivity contribution in [2.45, 2.75) is 19.6 Å². The summed E-state index contributed by atoms with van der Waals surface area (Å²) < 4.78 is 0. The summed E-state index contributed by atoms with van der Waals surface area (Å²) in [6, 6.07) is 5.85. The lowest BCUT2D eigenvalue weighted by atomic mass is 10.2. The van der Waals surface area contributed by atoms with Crippen molar-refractivity contribution in [3.8, 4) is 0 Å². The third kappa shape index (κ3) is 3.81. The van der Waals surface area contributed by atoms with Crippen molar-refractivity contribution >= 4 is 29.1 Å². The number of halogens is 1. The van der Waals surface area contributed by atoms with E-state index in [4.69, 9.17) is 17.3 Å². The van der Waals surface area contributed by atoms with Crippen molar-refractivity contribution < 1.29 is 0 Å². The van der Waals surface area contributed by atoms with Gasteiger partial charge in [-0.05, 0) is 29.4 Å². The first-order valence-corrected chi connectivity index (χ1v) is 6.24. The van der Waals surface area contributed by atoms with Crippen LogP contribution < -0.4 is 5.73 Å². The lowest BCUT2D eigenvalue weighted by Crippen LogP contribution is -1.93. The van der Waals surface area contributed by atoms with E-state index >= 15 is 0 Å². The van der Waals surface area contributed by atoms with Gasteiger partial charge >= 0.3 is 0 Å². The topological polar surface area (TPSA) is 26.0 Å². The minimum Gasteiger partial charge on any atom is -0.398 e. The second-order valence-corrected chi connectivity index (χ2v) is 5.20. The molecule has 1 rings (SSSR count). The van der Waals surface area contributed by atoms with Crippen LogP contribution in [0.15, 0.2) is 18.2 Å². The van der Waals surface area contributed by atoms with Crippen molar-refractivity contribution in [2.24, 2.45) is 5.92 Å². The number of nitrogen functional groups attached to an aromatic ring is 1. The van der Waals surface area contributed by atoms with Crippen LogP contribution in [0, 0.1) is 5.92 Å². The number of thioether (sulfide) groups is 1. The first-order chi connectivity index (χ1) is 6.59. The van der Waals surface area contributed by atoms with Gasteiger partial charge in [-0.15, -0.1) is 0 Å². The molecule has 14 heavy (non-hydrogen) atoms. The molecule has 0 radical (unpaired) electrons. The number of benzene rings is 1.